The summed E-state index contributed by atoms with van der Waals surface area (Å²) in [7, 11) is 1.62. The summed E-state index contributed by atoms with van der Waals surface area (Å²) in [5.74, 6) is 2.27. The summed E-state index contributed by atoms with van der Waals surface area (Å²) in [6.07, 6.45) is 4.69. The van der Waals surface area contributed by atoms with E-state index < -0.39 is 0 Å². The van der Waals surface area contributed by atoms with Crippen LogP contribution in [0.4, 0.5) is 5.69 Å². The van der Waals surface area contributed by atoms with Crippen LogP contribution in [0, 0.1) is 13.8 Å². The Hall–Kier alpha value is -3.39. The van der Waals surface area contributed by atoms with Gasteiger partial charge in [-0.05, 0) is 67.3 Å². The maximum absolute atomic E-state index is 13.5. The van der Waals surface area contributed by atoms with E-state index in [1.165, 1.54) is 11.8 Å². The van der Waals surface area contributed by atoms with E-state index in [4.69, 9.17) is 14.3 Å². The Morgan fingerprint density at radius 3 is 2.53 bits per heavy atom. The van der Waals surface area contributed by atoms with Gasteiger partial charge >= 0.3 is 0 Å². The average Bonchev–Trinajstić information content (AvgIpc) is 3.40. The number of thioether (sulfide) groups is 1. The van der Waals surface area contributed by atoms with Crippen molar-refractivity contribution in [2.24, 2.45) is 4.99 Å². The maximum atomic E-state index is 13.5. The van der Waals surface area contributed by atoms with Crippen LogP contribution in [-0.2, 0) is 17.0 Å². The zero-order chi connectivity index (χ0) is 24.1. The number of amides is 1. The number of ether oxygens (including phenoxy) is 1. The largest absolute Gasteiger partial charge is 0.497 e. The lowest BCUT2D eigenvalue weighted by molar-refractivity contribution is -0.113. The van der Waals surface area contributed by atoms with Gasteiger partial charge in [-0.1, -0.05) is 48.5 Å². The van der Waals surface area contributed by atoms with Gasteiger partial charge < -0.3 is 9.26 Å². The van der Waals surface area contributed by atoms with E-state index in [1.54, 1.807) is 18.1 Å². The van der Waals surface area contributed by atoms with Crippen LogP contribution >= 0.6 is 11.8 Å². The molecule has 1 aliphatic rings. The molecule has 3 aromatic rings. The number of rotatable bonds is 8. The Labute approximate surface area is 203 Å². The standard InChI is InChI=1S/C26H28N4O3S/c1-5-6-7-23-28-24(33-29-23)16-34-26-27-22(15-19-8-10-21(32-4)11-9-19)25(31)30(26)20-13-17(2)12-18(3)14-20/h8-15H,5-7,16H2,1-4H3/b22-15-. The molecule has 0 aliphatic carbocycles. The van der Waals surface area contributed by atoms with Crippen LogP contribution in [0.1, 0.15) is 48.2 Å². The van der Waals surface area contributed by atoms with E-state index in [0.717, 1.165) is 47.4 Å². The summed E-state index contributed by atoms with van der Waals surface area (Å²) < 4.78 is 10.6. The third kappa shape index (κ3) is 5.56. The number of aryl methyl sites for hydroxylation is 3. The average molecular weight is 477 g/mol. The summed E-state index contributed by atoms with van der Waals surface area (Å²) in [4.78, 5) is 24.3. The van der Waals surface area contributed by atoms with Gasteiger partial charge in [-0.15, -0.1) is 0 Å². The van der Waals surface area contributed by atoms with E-state index in [9.17, 15) is 4.79 Å². The lowest BCUT2D eigenvalue weighted by Gasteiger charge is -2.18. The van der Waals surface area contributed by atoms with Crippen LogP contribution in [0.2, 0.25) is 0 Å². The number of hydrogen-bond donors (Lipinski definition) is 0. The smallest absolute Gasteiger partial charge is 0.283 e. The number of aliphatic imine (C=N–C) groups is 1. The van der Waals surface area contributed by atoms with E-state index >= 15 is 0 Å². The highest BCUT2D eigenvalue weighted by Crippen LogP contribution is 2.32. The molecule has 0 bridgehead atoms. The summed E-state index contributed by atoms with van der Waals surface area (Å²) in [5, 5.41) is 4.64. The molecule has 0 spiro atoms. The fourth-order valence-electron chi connectivity index (χ4n) is 3.67. The molecule has 0 atom stereocenters. The van der Waals surface area contributed by atoms with Gasteiger partial charge in [0.15, 0.2) is 11.0 Å². The number of nitrogens with zero attached hydrogens (tertiary/aromatic N) is 4. The molecular weight excluding hydrogens is 448 g/mol. The molecule has 1 aromatic heterocycles. The SMILES string of the molecule is CCCCc1noc(CSC2=N/C(=C\c3ccc(OC)cc3)C(=O)N2c2cc(C)cc(C)c2)n1. The molecular formula is C26H28N4O3S. The third-order valence-electron chi connectivity index (χ3n) is 5.30. The molecule has 0 radical (unpaired) electrons. The summed E-state index contributed by atoms with van der Waals surface area (Å²) in [5.41, 5.74) is 4.20. The Bertz CT molecular complexity index is 1210. The number of unbranched alkanes of at least 4 members (excludes halogenated alkanes) is 1. The van der Waals surface area contributed by atoms with Crippen molar-refractivity contribution in [1.29, 1.82) is 0 Å². The Balaban J connectivity index is 1.62. The predicted octanol–water partition coefficient (Wildman–Crippen LogP) is 5.71. The molecule has 0 saturated carbocycles. The Morgan fingerprint density at radius 1 is 1.12 bits per heavy atom. The number of aromatic nitrogens is 2. The van der Waals surface area contributed by atoms with Gasteiger partial charge in [0.1, 0.15) is 11.4 Å². The zero-order valence-electron chi connectivity index (χ0n) is 19.9. The maximum Gasteiger partial charge on any atom is 0.283 e. The number of hydrogen-bond acceptors (Lipinski definition) is 7. The van der Waals surface area contributed by atoms with E-state index in [1.807, 2.05) is 50.2 Å². The van der Waals surface area contributed by atoms with Gasteiger partial charge in [-0.25, -0.2) is 4.99 Å². The first-order valence-corrected chi connectivity index (χ1v) is 12.3. The van der Waals surface area contributed by atoms with Crippen molar-refractivity contribution < 1.29 is 14.1 Å². The van der Waals surface area contributed by atoms with Gasteiger partial charge in [0.2, 0.25) is 5.89 Å². The third-order valence-corrected chi connectivity index (χ3v) is 6.23. The van der Waals surface area contributed by atoms with E-state index in [-0.39, 0.29) is 5.91 Å². The number of carbonyl (C=O) groups is 1. The molecule has 1 amide bonds. The number of benzene rings is 2. The molecule has 4 rings (SSSR count). The lowest BCUT2D eigenvalue weighted by atomic mass is 10.1. The Morgan fingerprint density at radius 2 is 1.85 bits per heavy atom. The van der Waals surface area contributed by atoms with Crippen LogP contribution in [-0.4, -0.2) is 28.3 Å². The van der Waals surface area contributed by atoms with Gasteiger partial charge in [0.25, 0.3) is 5.91 Å². The molecule has 0 fully saturated rings. The molecule has 2 heterocycles. The number of methoxy groups -OCH3 is 1. The summed E-state index contributed by atoms with van der Waals surface area (Å²) >= 11 is 1.41. The van der Waals surface area contributed by atoms with Crippen molar-refractivity contribution in [3.8, 4) is 5.75 Å². The molecule has 34 heavy (non-hydrogen) atoms. The first kappa shape index (κ1) is 23.8. The quantitative estimate of drug-likeness (QED) is 0.387. The van der Waals surface area contributed by atoms with Gasteiger partial charge in [0, 0.05) is 6.42 Å². The summed E-state index contributed by atoms with van der Waals surface area (Å²) in [6.45, 7) is 6.17. The minimum Gasteiger partial charge on any atom is -0.497 e. The predicted molar refractivity (Wildman–Crippen MR) is 136 cm³/mol. The molecule has 1 aliphatic heterocycles. The highest BCUT2D eigenvalue weighted by atomic mass is 32.2. The van der Waals surface area contributed by atoms with Gasteiger partial charge in [0.05, 0.1) is 18.6 Å². The van der Waals surface area contributed by atoms with Crippen LogP contribution in [0.3, 0.4) is 0 Å². The fourth-order valence-corrected chi connectivity index (χ4v) is 4.52. The van der Waals surface area contributed by atoms with Crippen LogP contribution in [0.5, 0.6) is 5.75 Å². The number of carbonyl (C=O) groups excluding carboxylic acids is 1. The molecule has 0 saturated heterocycles. The highest BCUT2D eigenvalue weighted by Gasteiger charge is 2.32. The molecule has 8 heteroatoms. The molecule has 2 aromatic carbocycles. The van der Waals surface area contributed by atoms with Gasteiger partial charge in [-0.2, -0.15) is 4.98 Å². The van der Waals surface area contributed by atoms with Crippen molar-refractivity contribution in [1.82, 2.24) is 10.1 Å². The normalized spacial score (nSPS) is 14.7. The van der Waals surface area contributed by atoms with Crippen molar-refractivity contribution >= 4 is 34.6 Å². The van der Waals surface area contributed by atoms with Crippen molar-refractivity contribution in [3.63, 3.8) is 0 Å². The Kier molecular flexibility index (Phi) is 7.47. The number of anilines is 1. The molecule has 0 unspecified atom stereocenters. The van der Waals surface area contributed by atoms with Crippen molar-refractivity contribution in [2.75, 3.05) is 12.0 Å². The van der Waals surface area contributed by atoms with Crippen molar-refractivity contribution in [2.45, 2.75) is 45.8 Å². The zero-order valence-corrected chi connectivity index (χ0v) is 20.7. The summed E-state index contributed by atoms with van der Waals surface area (Å²) in [6, 6.07) is 13.6. The van der Waals surface area contributed by atoms with E-state index in [0.29, 0.717) is 28.3 Å². The first-order chi connectivity index (χ1) is 16.5. The van der Waals surface area contributed by atoms with Crippen LogP contribution < -0.4 is 9.64 Å². The fraction of sp³-hybridized carbons (Fsp3) is 0.308. The van der Waals surface area contributed by atoms with Crippen molar-refractivity contribution in [3.05, 3.63) is 76.6 Å². The second kappa shape index (κ2) is 10.7. The minimum absolute atomic E-state index is 0.169. The number of amidine groups is 1. The molecule has 176 valence electrons. The monoisotopic (exact) mass is 476 g/mol. The highest BCUT2D eigenvalue weighted by molar-refractivity contribution is 8.13. The lowest BCUT2D eigenvalue weighted by Crippen LogP contribution is -2.30. The topological polar surface area (TPSA) is 80.8 Å². The molecule has 7 nitrogen and oxygen atoms in total. The van der Waals surface area contributed by atoms with Gasteiger partial charge in [-0.3, -0.25) is 9.69 Å². The van der Waals surface area contributed by atoms with Crippen LogP contribution in [0.25, 0.3) is 6.08 Å². The second-order valence-corrected chi connectivity index (χ2v) is 9.12. The molecule has 0 N–H and O–H groups in total. The van der Waals surface area contributed by atoms with Crippen LogP contribution in [0.15, 0.2) is 57.7 Å². The second-order valence-electron chi connectivity index (χ2n) is 8.18. The minimum atomic E-state index is -0.169. The van der Waals surface area contributed by atoms with E-state index in [2.05, 4.69) is 23.1 Å². The first-order valence-electron chi connectivity index (χ1n) is 11.3.